The largest absolute Gasteiger partial charge is 0.508 e. The smallest absolute Gasteiger partial charge is 0.408 e. The van der Waals surface area contributed by atoms with Gasteiger partial charge in [0.1, 0.15) is 29.2 Å². The third-order valence-corrected chi connectivity index (χ3v) is 7.57. The molecule has 0 saturated heterocycles. The van der Waals surface area contributed by atoms with Crippen LogP contribution in [-0.4, -0.2) is 50.7 Å². The summed E-state index contributed by atoms with van der Waals surface area (Å²) in [5.41, 5.74) is 2.55. The number of nitrogens with zero attached hydrogens (tertiary/aromatic N) is 1. The molecule has 0 heterocycles. The Morgan fingerprint density at radius 3 is 2.12 bits per heavy atom. The molecule has 3 aromatic rings. The first kappa shape index (κ1) is 31.4. The number of alkyl carbamates (subject to hydrolysis) is 1. The second-order valence-corrected chi connectivity index (χ2v) is 12.1. The maximum atomic E-state index is 14.6. The first-order valence-corrected chi connectivity index (χ1v) is 14.6. The van der Waals surface area contributed by atoms with Crippen LogP contribution in [0.5, 0.6) is 11.5 Å². The molecule has 2 atom stereocenters. The Labute approximate surface area is 252 Å². The van der Waals surface area contributed by atoms with Gasteiger partial charge in [0.05, 0.1) is 0 Å². The number of phenols is 2. The van der Waals surface area contributed by atoms with Gasteiger partial charge in [-0.2, -0.15) is 0 Å². The van der Waals surface area contributed by atoms with Crippen LogP contribution in [0.25, 0.3) is 0 Å². The lowest BCUT2D eigenvalue weighted by Crippen LogP contribution is -2.57. The number of hydrogen-bond donors (Lipinski definition) is 4. The maximum absolute atomic E-state index is 14.6. The number of anilines is 1. The van der Waals surface area contributed by atoms with Crippen molar-refractivity contribution in [3.05, 3.63) is 89.0 Å². The fourth-order valence-electron chi connectivity index (χ4n) is 5.22. The second kappa shape index (κ2) is 13.2. The van der Waals surface area contributed by atoms with Crippen LogP contribution in [0.2, 0.25) is 0 Å². The molecule has 2 unspecified atom stereocenters. The lowest BCUT2D eigenvalue weighted by molar-refractivity contribution is -0.145. The molecule has 228 valence electrons. The molecule has 0 radical (unpaired) electrons. The SMILES string of the molecule is Cc1cccc(C)c1NC(=O)C(c1ccccc1O)N(C(=O)C(Cc1ccc(O)cc1)NC(=O)OC(C)(C)C)C1CCC1. The van der Waals surface area contributed by atoms with Gasteiger partial charge < -0.3 is 30.5 Å². The molecule has 1 saturated carbocycles. The van der Waals surface area contributed by atoms with Crippen molar-refractivity contribution < 1.29 is 29.3 Å². The summed E-state index contributed by atoms with van der Waals surface area (Å²) in [6, 6.07) is 16.0. The van der Waals surface area contributed by atoms with E-state index < -0.39 is 35.6 Å². The monoisotopic (exact) mass is 587 g/mol. The highest BCUT2D eigenvalue weighted by molar-refractivity contribution is 6.00. The number of ether oxygens (including phenoxy) is 1. The van der Waals surface area contributed by atoms with Crippen LogP contribution in [-0.2, 0) is 20.7 Å². The minimum absolute atomic E-state index is 0.0746. The molecule has 0 aromatic heterocycles. The van der Waals surface area contributed by atoms with Gasteiger partial charge in [-0.3, -0.25) is 9.59 Å². The number of benzene rings is 3. The quantitative estimate of drug-likeness (QED) is 0.246. The lowest BCUT2D eigenvalue weighted by Gasteiger charge is -2.43. The van der Waals surface area contributed by atoms with E-state index in [1.165, 1.54) is 23.1 Å². The summed E-state index contributed by atoms with van der Waals surface area (Å²) in [5.74, 6) is -0.990. The van der Waals surface area contributed by atoms with Crippen molar-refractivity contribution in [2.45, 2.75) is 84.0 Å². The van der Waals surface area contributed by atoms with E-state index in [1.54, 1.807) is 51.1 Å². The Balaban J connectivity index is 1.78. The molecule has 4 rings (SSSR count). The van der Waals surface area contributed by atoms with Gasteiger partial charge >= 0.3 is 6.09 Å². The summed E-state index contributed by atoms with van der Waals surface area (Å²) in [6.45, 7) is 8.98. The highest BCUT2D eigenvalue weighted by Gasteiger charge is 2.43. The van der Waals surface area contributed by atoms with Crippen molar-refractivity contribution in [3.63, 3.8) is 0 Å². The van der Waals surface area contributed by atoms with Crippen molar-refractivity contribution in [1.82, 2.24) is 10.2 Å². The average Bonchev–Trinajstić information content (AvgIpc) is 2.90. The third kappa shape index (κ3) is 7.85. The second-order valence-electron chi connectivity index (χ2n) is 12.1. The fourth-order valence-corrected chi connectivity index (χ4v) is 5.22. The first-order chi connectivity index (χ1) is 20.3. The van der Waals surface area contributed by atoms with E-state index >= 15 is 0 Å². The predicted octanol–water partition coefficient (Wildman–Crippen LogP) is 5.91. The Hall–Kier alpha value is -4.53. The third-order valence-electron chi connectivity index (χ3n) is 7.57. The van der Waals surface area contributed by atoms with E-state index in [0.29, 0.717) is 24.1 Å². The van der Waals surface area contributed by atoms with E-state index in [2.05, 4.69) is 10.6 Å². The average molecular weight is 588 g/mol. The first-order valence-electron chi connectivity index (χ1n) is 14.6. The van der Waals surface area contributed by atoms with Crippen LogP contribution in [0, 0.1) is 13.8 Å². The minimum atomic E-state index is -1.18. The molecule has 9 nitrogen and oxygen atoms in total. The van der Waals surface area contributed by atoms with Crippen molar-refractivity contribution in [3.8, 4) is 11.5 Å². The molecule has 4 N–H and O–H groups in total. The summed E-state index contributed by atoms with van der Waals surface area (Å²) in [7, 11) is 0. The number of aromatic hydroxyl groups is 2. The van der Waals surface area contributed by atoms with Gasteiger partial charge in [0, 0.05) is 23.7 Å². The van der Waals surface area contributed by atoms with E-state index in [-0.39, 0.29) is 29.5 Å². The Bertz CT molecular complexity index is 1440. The van der Waals surface area contributed by atoms with Crippen LogP contribution >= 0.6 is 0 Å². The highest BCUT2D eigenvalue weighted by Crippen LogP contribution is 2.38. The summed E-state index contributed by atoms with van der Waals surface area (Å²) < 4.78 is 5.49. The number of amides is 3. The molecule has 0 aliphatic heterocycles. The maximum Gasteiger partial charge on any atom is 0.408 e. The standard InChI is InChI=1S/C34H41N3O6/c1-21-10-8-11-22(2)29(21)36-31(40)30(26-14-6-7-15-28(26)39)37(24-12-9-13-24)32(41)27(35-33(42)43-34(3,4)5)20-23-16-18-25(38)19-17-23/h6-8,10-11,14-19,24,27,30,38-39H,9,12-13,20H2,1-5H3,(H,35,42)(H,36,40). The Morgan fingerprint density at radius 2 is 1.56 bits per heavy atom. The van der Waals surface area contributed by atoms with Crippen LogP contribution in [0.4, 0.5) is 10.5 Å². The highest BCUT2D eigenvalue weighted by atomic mass is 16.6. The van der Waals surface area contributed by atoms with E-state index in [4.69, 9.17) is 4.74 Å². The number of nitrogens with one attached hydrogen (secondary N) is 2. The number of phenolic OH excluding ortho intramolecular Hbond substituents is 2. The minimum Gasteiger partial charge on any atom is -0.508 e. The number of carbonyl (C=O) groups excluding carboxylic acids is 3. The van der Waals surface area contributed by atoms with E-state index in [0.717, 1.165) is 17.5 Å². The molecule has 43 heavy (non-hydrogen) atoms. The van der Waals surface area contributed by atoms with Crippen LogP contribution in [0.3, 0.4) is 0 Å². The van der Waals surface area contributed by atoms with E-state index in [9.17, 15) is 24.6 Å². The van der Waals surface area contributed by atoms with Crippen molar-refractivity contribution in [1.29, 1.82) is 0 Å². The fraction of sp³-hybridized carbons (Fsp3) is 0.382. The zero-order chi connectivity index (χ0) is 31.3. The van der Waals surface area contributed by atoms with E-state index in [1.807, 2.05) is 32.0 Å². The molecule has 1 aliphatic carbocycles. The molecule has 1 aliphatic rings. The number of aryl methyl sites for hydroxylation is 2. The molecule has 9 heteroatoms. The Kier molecular flexibility index (Phi) is 9.63. The van der Waals surface area contributed by atoms with Crippen LogP contribution in [0.15, 0.2) is 66.7 Å². The van der Waals surface area contributed by atoms with Gasteiger partial charge in [-0.25, -0.2) is 4.79 Å². The normalized spacial score (nSPS) is 14.6. The number of para-hydroxylation sites is 2. The summed E-state index contributed by atoms with van der Waals surface area (Å²) >= 11 is 0. The van der Waals surface area contributed by atoms with Crippen LogP contribution < -0.4 is 10.6 Å². The van der Waals surface area contributed by atoms with Crippen molar-refractivity contribution in [2.75, 3.05) is 5.32 Å². The van der Waals surface area contributed by atoms with Gasteiger partial charge in [0.25, 0.3) is 5.91 Å². The molecule has 3 aromatic carbocycles. The summed E-state index contributed by atoms with van der Waals surface area (Å²) in [6.07, 6.45) is 1.55. The van der Waals surface area contributed by atoms with Gasteiger partial charge in [0.2, 0.25) is 5.91 Å². The molecule has 1 fully saturated rings. The van der Waals surface area contributed by atoms with Gasteiger partial charge in [-0.15, -0.1) is 0 Å². The zero-order valence-electron chi connectivity index (χ0n) is 25.4. The number of carbonyl (C=O) groups is 3. The van der Waals surface area contributed by atoms with Crippen LogP contribution in [0.1, 0.15) is 68.3 Å². The Morgan fingerprint density at radius 1 is 0.930 bits per heavy atom. The molecule has 3 amide bonds. The summed E-state index contributed by atoms with van der Waals surface area (Å²) in [5, 5.41) is 26.5. The molecular weight excluding hydrogens is 546 g/mol. The molecule has 0 bridgehead atoms. The van der Waals surface area contributed by atoms with Gasteiger partial charge in [-0.05, 0) is 88.8 Å². The zero-order valence-corrected chi connectivity index (χ0v) is 25.4. The van der Waals surface area contributed by atoms with Crippen molar-refractivity contribution >= 4 is 23.6 Å². The van der Waals surface area contributed by atoms with Gasteiger partial charge in [0.15, 0.2) is 0 Å². The lowest BCUT2D eigenvalue weighted by atomic mass is 9.87. The van der Waals surface area contributed by atoms with Crippen molar-refractivity contribution in [2.24, 2.45) is 0 Å². The predicted molar refractivity (Wildman–Crippen MR) is 165 cm³/mol. The summed E-state index contributed by atoms with van der Waals surface area (Å²) in [4.78, 5) is 43.3. The topological polar surface area (TPSA) is 128 Å². The number of hydrogen-bond acceptors (Lipinski definition) is 6. The number of rotatable bonds is 9. The van der Waals surface area contributed by atoms with Gasteiger partial charge in [-0.1, -0.05) is 48.5 Å². The molecular formula is C34H41N3O6. The molecule has 0 spiro atoms.